The smallest absolute Gasteiger partial charge is 0.244 e. The molecule has 0 atom stereocenters. The zero-order chi connectivity index (χ0) is 21.9. The third-order valence-corrected chi connectivity index (χ3v) is 7.67. The molecule has 0 spiro atoms. The quantitative estimate of drug-likeness (QED) is 0.708. The minimum absolute atomic E-state index is 0.148. The Morgan fingerprint density at radius 3 is 2.10 bits per heavy atom. The Morgan fingerprint density at radius 1 is 0.967 bits per heavy atom. The predicted molar refractivity (Wildman–Crippen MR) is 119 cm³/mol. The fraction of sp³-hybridized carbons (Fsp3) is 0.435. The first-order valence-electron chi connectivity index (χ1n) is 10.3. The van der Waals surface area contributed by atoms with Crippen LogP contribution in [0.2, 0.25) is 0 Å². The average Bonchev–Trinajstić information content (AvgIpc) is 2.67. The molecule has 1 saturated heterocycles. The number of amides is 1. The molecular formula is C23H31N3O3S. The number of hydrogen-bond acceptors (Lipinski definition) is 4. The summed E-state index contributed by atoms with van der Waals surface area (Å²) >= 11 is 0. The van der Waals surface area contributed by atoms with Crippen LogP contribution in [0.4, 0.5) is 0 Å². The lowest BCUT2D eigenvalue weighted by molar-refractivity contribution is -0.133. The highest BCUT2D eigenvalue weighted by molar-refractivity contribution is 7.89. The highest BCUT2D eigenvalue weighted by Gasteiger charge is 2.31. The monoisotopic (exact) mass is 429 g/mol. The van der Waals surface area contributed by atoms with E-state index in [0.717, 1.165) is 24.2 Å². The Morgan fingerprint density at radius 2 is 1.53 bits per heavy atom. The van der Waals surface area contributed by atoms with Crippen LogP contribution in [0.15, 0.2) is 47.4 Å². The van der Waals surface area contributed by atoms with Gasteiger partial charge in [0.1, 0.15) is 0 Å². The molecule has 2 aromatic carbocycles. The lowest BCUT2D eigenvalue weighted by Crippen LogP contribution is -2.50. The first-order chi connectivity index (χ1) is 14.2. The standard InChI is InChI=1S/C23H31N3O3S/c1-18-14-19(2)23(20(3)15-18)30(28,29)26(16-21-8-6-5-7-9-21)17-22(27)25-12-10-24(4)11-13-25/h5-9,14-15H,10-13,16-17H2,1-4H3. The van der Waals surface area contributed by atoms with Gasteiger partial charge >= 0.3 is 0 Å². The highest BCUT2D eigenvalue weighted by Crippen LogP contribution is 2.26. The van der Waals surface area contributed by atoms with Crippen molar-refractivity contribution in [3.63, 3.8) is 0 Å². The fourth-order valence-electron chi connectivity index (χ4n) is 4.02. The first-order valence-corrected chi connectivity index (χ1v) is 11.7. The van der Waals surface area contributed by atoms with Crippen LogP contribution in [-0.4, -0.2) is 68.2 Å². The van der Waals surface area contributed by atoms with E-state index in [9.17, 15) is 13.2 Å². The van der Waals surface area contributed by atoms with Gasteiger partial charge in [-0.25, -0.2) is 8.42 Å². The molecule has 1 amide bonds. The van der Waals surface area contributed by atoms with Gasteiger partial charge in [-0.1, -0.05) is 48.0 Å². The number of sulfonamides is 1. The van der Waals surface area contributed by atoms with Crippen LogP contribution in [0, 0.1) is 20.8 Å². The van der Waals surface area contributed by atoms with Crippen LogP contribution in [0.3, 0.4) is 0 Å². The van der Waals surface area contributed by atoms with Crippen molar-refractivity contribution in [3.05, 3.63) is 64.7 Å². The van der Waals surface area contributed by atoms with Crippen molar-refractivity contribution in [1.82, 2.24) is 14.1 Å². The van der Waals surface area contributed by atoms with Gasteiger partial charge in [-0.05, 0) is 44.5 Å². The van der Waals surface area contributed by atoms with Crippen LogP contribution in [0.5, 0.6) is 0 Å². The van der Waals surface area contributed by atoms with Gasteiger partial charge in [0.05, 0.1) is 11.4 Å². The number of carbonyl (C=O) groups excluding carboxylic acids is 1. The van der Waals surface area contributed by atoms with E-state index in [1.165, 1.54) is 4.31 Å². The van der Waals surface area contributed by atoms with Crippen LogP contribution >= 0.6 is 0 Å². The third-order valence-electron chi connectivity index (χ3n) is 5.57. The maximum atomic E-state index is 13.7. The molecule has 30 heavy (non-hydrogen) atoms. The molecule has 0 unspecified atom stereocenters. The van der Waals surface area contributed by atoms with Crippen molar-refractivity contribution < 1.29 is 13.2 Å². The molecule has 7 heteroatoms. The lowest BCUT2D eigenvalue weighted by Gasteiger charge is -2.34. The Hall–Kier alpha value is -2.22. The van der Waals surface area contributed by atoms with Crippen LogP contribution in [0.25, 0.3) is 0 Å². The largest absolute Gasteiger partial charge is 0.339 e. The van der Waals surface area contributed by atoms with Gasteiger partial charge in [-0.15, -0.1) is 0 Å². The zero-order valence-corrected chi connectivity index (χ0v) is 19.1. The molecule has 1 aliphatic heterocycles. The molecule has 1 aliphatic rings. The van der Waals surface area contributed by atoms with E-state index in [-0.39, 0.29) is 19.0 Å². The number of rotatable bonds is 6. The van der Waals surface area contributed by atoms with Gasteiger partial charge in [-0.2, -0.15) is 4.31 Å². The number of nitrogens with zero attached hydrogens (tertiary/aromatic N) is 3. The fourth-order valence-corrected chi connectivity index (χ4v) is 5.81. The van der Waals surface area contributed by atoms with E-state index >= 15 is 0 Å². The van der Waals surface area contributed by atoms with Crippen LogP contribution < -0.4 is 0 Å². The molecule has 0 aromatic heterocycles. The van der Waals surface area contributed by atoms with Gasteiger partial charge in [0.2, 0.25) is 15.9 Å². The Balaban J connectivity index is 1.94. The summed E-state index contributed by atoms with van der Waals surface area (Å²) in [6, 6.07) is 13.2. The predicted octanol–water partition coefficient (Wildman–Crippen LogP) is 2.58. The molecular weight excluding hydrogens is 398 g/mol. The molecule has 0 bridgehead atoms. The van der Waals surface area contributed by atoms with Crippen LogP contribution in [-0.2, 0) is 21.4 Å². The molecule has 0 saturated carbocycles. The van der Waals surface area contributed by atoms with Crippen molar-refractivity contribution in [1.29, 1.82) is 0 Å². The molecule has 1 heterocycles. The minimum atomic E-state index is -3.85. The second kappa shape index (κ2) is 9.29. The summed E-state index contributed by atoms with van der Waals surface area (Å²) in [6.07, 6.45) is 0. The van der Waals surface area contributed by atoms with Gasteiger partial charge in [-0.3, -0.25) is 4.79 Å². The number of likely N-dealkylation sites (N-methyl/N-ethyl adjacent to an activating group) is 1. The normalized spacial score (nSPS) is 15.6. The number of aryl methyl sites for hydroxylation is 3. The summed E-state index contributed by atoms with van der Waals surface area (Å²) in [5, 5.41) is 0. The zero-order valence-electron chi connectivity index (χ0n) is 18.3. The summed E-state index contributed by atoms with van der Waals surface area (Å²) in [7, 11) is -1.82. The van der Waals surface area contributed by atoms with E-state index in [1.54, 1.807) is 4.90 Å². The molecule has 0 N–H and O–H groups in total. The highest BCUT2D eigenvalue weighted by atomic mass is 32.2. The van der Waals surface area contributed by atoms with E-state index in [1.807, 2.05) is 70.3 Å². The third kappa shape index (κ3) is 5.09. The second-order valence-corrected chi connectivity index (χ2v) is 10.0. The molecule has 2 aromatic rings. The summed E-state index contributed by atoms with van der Waals surface area (Å²) in [4.78, 5) is 17.2. The lowest BCUT2D eigenvalue weighted by atomic mass is 10.1. The van der Waals surface area contributed by atoms with Crippen molar-refractivity contribution in [3.8, 4) is 0 Å². The van der Waals surface area contributed by atoms with E-state index in [2.05, 4.69) is 4.90 Å². The second-order valence-electron chi connectivity index (χ2n) is 8.17. The minimum Gasteiger partial charge on any atom is -0.339 e. The SMILES string of the molecule is Cc1cc(C)c(S(=O)(=O)N(CC(=O)N2CCN(C)CC2)Cc2ccccc2)c(C)c1. The summed E-state index contributed by atoms with van der Waals surface area (Å²) in [5.74, 6) is -0.148. The average molecular weight is 430 g/mol. The summed E-state index contributed by atoms with van der Waals surface area (Å²) < 4.78 is 28.7. The van der Waals surface area contributed by atoms with Gasteiger partial charge in [0.15, 0.2) is 0 Å². The molecule has 3 rings (SSSR count). The summed E-state index contributed by atoms with van der Waals surface area (Å²) in [6.45, 7) is 8.43. The Bertz CT molecular complexity index is 975. The number of carbonyl (C=O) groups is 1. The topological polar surface area (TPSA) is 60.9 Å². The van der Waals surface area contributed by atoms with E-state index in [4.69, 9.17) is 0 Å². The number of benzene rings is 2. The maximum absolute atomic E-state index is 13.7. The molecule has 0 aliphatic carbocycles. The molecule has 6 nitrogen and oxygen atoms in total. The number of piperazine rings is 1. The van der Waals surface area contributed by atoms with Crippen molar-refractivity contribution in [2.45, 2.75) is 32.2 Å². The molecule has 162 valence electrons. The van der Waals surface area contributed by atoms with E-state index < -0.39 is 10.0 Å². The maximum Gasteiger partial charge on any atom is 0.244 e. The van der Waals surface area contributed by atoms with Crippen molar-refractivity contribution in [2.24, 2.45) is 0 Å². The molecule has 0 radical (unpaired) electrons. The van der Waals surface area contributed by atoms with Gasteiger partial charge in [0.25, 0.3) is 0 Å². The van der Waals surface area contributed by atoms with Gasteiger partial charge < -0.3 is 9.80 Å². The van der Waals surface area contributed by atoms with Crippen molar-refractivity contribution >= 4 is 15.9 Å². The Labute approximate surface area is 180 Å². The number of hydrogen-bond donors (Lipinski definition) is 0. The van der Waals surface area contributed by atoms with Gasteiger partial charge in [0, 0.05) is 32.7 Å². The van der Waals surface area contributed by atoms with Crippen molar-refractivity contribution in [2.75, 3.05) is 39.8 Å². The summed E-state index contributed by atoms with van der Waals surface area (Å²) in [5.41, 5.74) is 3.29. The van der Waals surface area contributed by atoms with Crippen LogP contribution in [0.1, 0.15) is 22.3 Å². The Kier molecular flexibility index (Phi) is 6.95. The molecule has 1 fully saturated rings. The van der Waals surface area contributed by atoms with E-state index in [0.29, 0.717) is 29.1 Å². The first kappa shape index (κ1) is 22.5.